The number of hydrogen-bond acceptors (Lipinski definition) is 3. The molecule has 3 rings (SSSR count). The number of H-pyrrole nitrogens is 1. The first kappa shape index (κ1) is 15.8. The summed E-state index contributed by atoms with van der Waals surface area (Å²) in [5.41, 5.74) is 1.55. The molecule has 3 aromatic rings. The highest BCUT2D eigenvalue weighted by Crippen LogP contribution is 2.19. The van der Waals surface area contributed by atoms with Crippen molar-refractivity contribution in [2.45, 2.75) is 13.8 Å². The summed E-state index contributed by atoms with van der Waals surface area (Å²) < 4.78 is 1.18. The molecule has 0 aliphatic heterocycles. The maximum Gasteiger partial charge on any atom is 0.250 e. The van der Waals surface area contributed by atoms with Crippen molar-refractivity contribution in [3.8, 4) is 17.1 Å². The average Bonchev–Trinajstić information content (AvgIpc) is 2.94. The van der Waals surface area contributed by atoms with Crippen molar-refractivity contribution in [1.82, 2.24) is 14.6 Å². The summed E-state index contributed by atoms with van der Waals surface area (Å²) in [6.45, 7) is 6.75. The molecule has 0 aliphatic carbocycles. The molecule has 6 heteroatoms. The zero-order chi connectivity index (χ0) is 15.9. The van der Waals surface area contributed by atoms with Crippen LogP contribution in [-0.4, -0.2) is 27.7 Å². The molecule has 0 aliphatic rings. The summed E-state index contributed by atoms with van der Waals surface area (Å²) >= 11 is 0. The molecule has 0 radical (unpaired) electrons. The van der Waals surface area contributed by atoms with Gasteiger partial charge in [0.2, 0.25) is 5.56 Å². The van der Waals surface area contributed by atoms with Gasteiger partial charge in [-0.3, -0.25) is 4.79 Å². The first-order valence-electron chi connectivity index (χ1n) is 7.33. The number of quaternary nitrogens is 1. The van der Waals surface area contributed by atoms with Crippen LogP contribution in [0.3, 0.4) is 0 Å². The third kappa shape index (κ3) is 3.73. The predicted octanol–water partition coefficient (Wildman–Crippen LogP) is 0.353. The first-order valence-corrected chi connectivity index (χ1v) is 7.33. The van der Waals surface area contributed by atoms with E-state index >= 15 is 0 Å². The van der Waals surface area contributed by atoms with Gasteiger partial charge in [0, 0.05) is 17.7 Å². The third-order valence-electron chi connectivity index (χ3n) is 3.07. The van der Waals surface area contributed by atoms with Crippen LogP contribution in [0.4, 0.5) is 0 Å². The smallest absolute Gasteiger partial charge is 0.250 e. The van der Waals surface area contributed by atoms with Gasteiger partial charge >= 0.3 is 0 Å². The largest absolute Gasteiger partial charge is 0.858 e. The fourth-order valence-corrected chi connectivity index (χ4v) is 2.01. The van der Waals surface area contributed by atoms with Gasteiger partial charge in [0.15, 0.2) is 0 Å². The van der Waals surface area contributed by atoms with Crippen LogP contribution in [0.1, 0.15) is 13.8 Å². The van der Waals surface area contributed by atoms with Crippen LogP contribution in [0, 0.1) is 0 Å². The molecule has 0 bridgehead atoms. The first-order chi connectivity index (χ1) is 10.7. The Kier molecular flexibility index (Phi) is 5.32. The van der Waals surface area contributed by atoms with Crippen molar-refractivity contribution in [1.29, 1.82) is 0 Å². The lowest BCUT2D eigenvalue weighted by atomic mass is 10.2. The van der Waals surface area contributed by atoms with Gasteiger partial charge in [-0.15, -0.1) is 0 Å². The SMILES string of the molecule is CC[NH2+]CC.O=c1cc([O-])n2nc(-c3ccccc3)cc2[nH]1. The maximum absolute atomic E-state index is 11.5. The number of benzene rings is 1. The zero-order valence-electron chi connectivity index (χ0n) is 12.7. The van der Waals surface area contributed by atoms with Crippen molar-refractivity contribution in [2.75, 3.05) is 13.1 Å². The van der Waals surface area contributed by atoms with Gasteiger partial charge in [0.05, 0.1) is 18.8 Å². The van der Waals surface area contributed by atoms with Crippen LogP contribution in [0.15, 0.2) is 47.3 Å². The summed E-state index contributed by atoms with van der Waals surface area (Å²) in [5, 5.41) is 17.9. The second kappa shape index (κ2) is 7.42. The number of fused-ring (bicyclic) bond motifs is 1. The summed E-state index contributed by atoms with van der Waals surface area (Å²) in [7, 11) is 0. The summed E-state index contributed by atoms with van der Waals surface area (Å²) in [6.07, 6.45) is 0. The fourth-order valence-electron chi connectivity index (χ4n) is 2.01. The maximum atomic E-state index is 11.5. The van der Waals surface area contributed by atoms with Crippen LogP contribution >= 0.6 is 0 Å². The normalized spacial score (nSPS) is 10.3. The quantitative estimate of drug-likeness (QED) is 0.731. The molecule has 0 unspecified atom stereocenters. The van der Waals surface area contributed by atoms with E-state index in [0.717, 1.165) is 11.6 Å². The lowest BCUT2D eigenvalue weighted by Gasteiger charge is -2.05. The van der Waals surface area contributed by atoms with Crippen LogP contribution < -0.4 is 16.0 Å². The monoisotopic (exact) mass is 300 g/mol. The molecule has 0 amide bonds. The van der Waals surface area contributed by atoms with Crippen molar-refractivity contribution in [3.63, 3.8) is 0 Å². The second-order valence-electron chi connectivity index (χ2n) is 4.77. The van der Waals surface area contributed by atoms with E-state index in [4.69, 9.17) is 0 Å². The minimum absolute atomic E-state index is 0.404. The minimum atomic E-state index is -0.425. The number of aromatic nitrogens is 3. The van der Waals surface area contributed by atoms with Crippen LogP contribution in [0.25, 0.3) is 16.9 Å². The molecular weight excluding hydrogens is 280 g/mol. The molecule has 0 spiro atoms. The molecule has 0 saturated heterocycles. The third-order valence-corrected chi connectivity index (χ3v) is 3.07. The van der Waals surface area contributed by atoms with Gasteiger partial charge in [0.1, 0.15) is 5.65 Å². The van der Waals surface area contributed by atoms with E-state index < -0.39 is 11.4 Å². The molecular formula is C16H20N4O2. The molecule has 0 saturated carbocycles. The Morgan fingerprint density at radius 2 is 1.86 bits per heavy atom. The number of rotatable bonds is 3. The van der Waals surface area contributed by atoms with E-state index in [0.29, 0.717) is 11.3 Å². The molecule has 22 heavy (non-hydrogen) atoms. The van der Waals surface area contributed by atoms with Gasteiger partial charge < -0.3 is 15.4 Å². The highest BCUT2D eigenvalue weighted by atomic mass is 16.3. The van der Waals surface area contributed by atoms with Crippen molar-refractivity contribution < 1.29 is 10.4 Å². The molecule has 0 fully saturated rings. The van der Waals surface area contributed by atoms with E-state index in [1.54, 1.807) is 6.07 Å². The fraction of sp³-hybridized carbons (Fsp3) is 0.250. The Morgan fingerprint density at radius 1 is 1.18 bits per heavy atom. The zero-order valence-corrected chi connectivity index (χ0v) is 12.7. The van der Waals surface area contributed by atoms with Crippen molar-refractivity contribution >= 4 is 5.65 Å². The molecule has 1 aromatic carbocycles. The molecule has 116 valence electrons. The van der Waals surface area contributed by atoms with Gasteiger partial charge in [-0.2, -0.15) is 5.10 Å². The standard InChI is InChI=1S/C12H9N3O2.C4H11N/c16-11-7-12(17)15-10(13-11)6-9(14-15)8-4-2-1-3-5-8;1-3-5-4-2/h1-7,17H,(H,13,16);5H,3-4H2,1-2H3. The van der Waals surface area contributed by atoms with Gasteiger partial charge in [0.25, 0.3) is 0 Å². The average molecular weight is 300 g/mol. The Labute approximate surface area is 128 Å². The van der Waals surface area contributed by atoms with E-state index in [-0.39, 0.29) is 0 Å². The molecule has 2 heterocycles. The molecule has 2 aromatic heterocycles. The van der Waals surface area contributed by atoms with Gasteiger partial charge in [-0.05, 0) is 19.7 Å². The van der Waals surface area contributed by atoms with Crippen LogP contribution in [0.2, 0.25) is 0 Å². The van der Waals surface area contributed by atoms with Crippen molar-refractivity contribution in [3.05, 3.63) is 52.8 Å². The summed E-state index contributed by atoms with van der Waals surface area (Å²) in [6, 6.07) is 12.1. The number of hydrogen-bond donors (Lipinski definition) is 2. The number of nitrogens with zero attached hydrogens (tertiary/aromatic N) is 2. The Morgan fingerprint density at radius 3 is 2.45 bits per heavy atom. The lowest BCUT2D eigenvalue weighted by molar-refractivity contribution is -0.648. The van der Waals surface area contributed by atoms with Gasteiger partial charge in [-0.25, -0.2) is 4.52 Å². The lowest BCUT2D eigenvalue weighted by Crippen LogP contribution is -2.82. The Hall–Kier alpha value is -2.60. The second-order valence-corrected chi connectivity index (χ2v) is 4.77. The molecule has 0 atom stereocenters. The van der Waals surface area contributed by atoms with E-state index in [2.05, 4.69) is 29.2 Å². The van der Waals surface area contributed by atoms with Crippen LogP contribution in [0.5, 0.6) is 5.88 Å². The van der Waals surface area contributed by atoms with Gasteiger partial charge in [-0.1, -0.05) is 30.3 Å². The predicted molar refractivity (Wildman–Crippen MR) is 83.7 cm³/mol. The van der Waals surface area contributed by atoms with E-state index in [1.165, 1.54) is 17.6 Å². The highest BCUT2D eigenvalue weighted by molar-refractivity contribution is 5.64. The topological polar surface area (TPSA) is 89.8 Å². The Bertz CT molecular complexity index is 776. The minimum Gasteiger partial charge on any atom is -0.858 e. The van der Waals surface area contributed by atoms with E-state index in [9.17, 15) is 9.90 Å². The van der Waals surface area contributed by atoms with Crippen molar-refractivity contribution in [2.24, 2.45) is 0 Å². The summed E-state index contributed by atoms with van der Waals surface area (Å²) in [5.74, 6) is -0.425. The summed E-state index contributed by atoms with van der Waals surface area (Å²) in [4.78, 5) is 13.7. The van der Waals surface area contributed by atoms with Crippen LogP contribution in [-0.2, 0) is 0 Å². The highest BCUT2D eigenvalue weighted by Gasteiger charge is 2.04. The molecule has 3 N–H and O–H groups in total. The molecule has 6 nitrogen and oxygen atoms in total. The number of nitrogens with two attached hydrogens (primary N) is 1. The number of aromatic amines is 1. The number of nitrogens with one attached hydrogen (secondary N) is 1. The van der Waals surface area contributed by atoms with E-state index in [1.807, 2.05) is 30.3 Å². The Balaban J connectivity index is 0.000000309.